The first-order chi connectivity index (χ1) is 15.7. The van der Waals surface area contributed by atoms with Gasteiger partial charge in [0, 0.05) is 5.02 Å². The molecule has 0 atom stereocenters. The fraction of sp³-hybridized carbons (Fsp3) is 0.136. The lowest BCUT2D eigenvalue weighted by Crippen LogP contribution is -2.25. The first-order valence-electron chi connectivity index (χ1n) is 9.54. The zero-order chi connectivity index (χ0) is 23.6. The second-order valence-electron chi connectivity index (χ2n) is 6.91. The third-order valence-electron chi connectivity index (χ3n) is 4.61. The minimum absolute atomic E-state index is 0.0863. The molecule has 11 heteroatoms. The van der Waals surface area contributed by atoms with Crippen LogP contribution in [0.5, 0.6) is 0 Å². The molecule has 0 radical (unpaired) electrons. The average Bonchev–Trinajstić information content (AvgIpc) is 3.28. The van der Waals surface area contributed by atoms with E-state index < -0.39 is 23.3 Å². The number of furan rings is 1. The highest BCUT2D eigenvalue weighted by atomic mass is 35.5. The summed E-state index contributed by atoms with van der Waals surface area (Å²) >= 11 is 6.61. The van der Waals surface area contributed by atoms with E-state index in [1.165, 1.54) is 16.9 Å². The third kappa shape index (κ3) is 5.23. The lowest BCUT2D eigenvalue weighted by atomic mass is 10.1. The molecule has 1 amide bonds. The van der Waals surface area contributed by atoms with Gasteiger partial charge in [-0.25, -0.2) is 4.98 Å². The Morgan fingerprint density at radius 3 is 2.67 bits per heavy atom. The second kappa shape index (κ2) is 9.32. The number of para-hydroxylation sites is 1. The standard InChI is InChI=1S/C22H15ClF3N3O3S/c23-13-7-8-18(16(10-13)22(24,25)26)27-19(30)12-33-21-28-17-6-2-1-5-15(17)20(31)29(21)11-14-4-3-9-32-14/h1-10H,11-12H2,(H,27,30). The topological polar surface area (TPSA) is 77.1 Å². The maximum atomic E-state index is 13.3. The van der Waals surface area contributed by atoms with Crippen LogP contribution in [0, 0.1) is 0 Å². The number of benzene rings is 2. The molecule has 0 unspecified atom stereocenters. The molecule has 0 aliphatic rings. The van der Waals surface area contributed by atoms with Gasteiger partial charge in [-0.15, -0.1) is 0 Å². The molecule has 4 aromatic rings. The van der Waals surface area contributed by atoms with Gasteiger partial charge in [0.1, 0.15) is 5.76 Å². The van der Waals surface area contributed by atoms with E-state index in [-0.39, 0.29) is 28.0 Å². The van der Waals surface area contributed by atoms with E-state index in [1.807, 2.05) is 0 Å². The predicted molar refractivity (Wildman–Crippen MR) is 120 cm³/mol. The number of carbonyl (C=O) groups is 1. The quantitative estimate of drug-likeness (QED) is 0.286. The van der Waals surface area contributed by atoms with Crippen LogP contribution < -0.4 is 10.9 Å². The SMILES string of the molecule is O=C(CSc1nc2ccccc2c(=O)n1Cc1ccco1)Nc1ccc(Cl)cc1C(F)(F)F. The molecule has 4 rings (SSSR count). The summed E-state index contributed by atoms with van der Waals surface area (Å²) in [5, 5.41) is 2.79. The van der Waals surface area contributed by atoms with Gasteiger partial charge in [0.25, 0.3) is 5.56 Å². The van der Waals surface area contributed by atoms with Crippen molar-refractivity contribution < 1.29 is 22.4 Å². The summed E-state index contributed by atoms with van der Waals surface area (Å²) in [4.78, 5) is 30.0. The monoisotopic (exact) mass is 493 g/mol. The Morgan fingerprint density at radius 1 is 1.15 bits per heavy atom. The number of hydrogen-bond acceptors (Lipinski definition) is 5. The molecule has 0 saturated heterocycles. The first kappa shape index (κ1) is 22.9. The average molecular weight is 494 g/mol. The lowest BCUT2D eigenvalue weighted by Gasteiger charge is -2.15. The van der Waals surface area contributed by atoms with Gasteiger partial charge in [-0.05, 0) is 42.5 Å². The van der Waals surface area contributed by atoms with Crippen molar-refractivity contribution in [1.29, 1.82) is 0 Å². The van der Waals surface area contributed by atoms with Gasteiger partial charge in [-0.3, -0.25) is 14.2 Å². The summed E-state index contributed by atoms with van der Waals surface area (Å²) in [7, 11) is 0. The number of halogens is 4. The van der Waals surface area contributed by atoms with E-state index in [0.29, 0.717) is 16.7 Å². The number of rotatable bonds is 6. The minimum atomic E-state index is -4.69. The summed E-state index contributed by atoms with van der Waals surface area (Å²) in [6.07, 6.45) is -3.22. The van der Waals surface area contributed by atoms with Gasteiger partial charge in [0.15, 0.2) is 5.16 Å². The maximum absolute atomic E-state index is 13.3. The molecule has 0 saturated carbocycles. The van der Waals surface area contributed by atoms with Gasteiger partial charge in [-0.1, -0.05) is 35.5 Å². The first-order valence-corrected chi connectivity index (χ1v) is 10.9. The molecule has 0 aliphatic heterocycles. The number of aromatic nitrogens is 2. The molecule has 2 heterocycles. The highest BCUT2D eigenvalue weighted by Crippen LogP contribution is 2.36. The van der Waals surface area contributed by atoms with E-state index in [2.05, 4.69) is 10.3 Å². The van der Waals surface area contributed by atoms with Crippen molar-refractivity contribution in [3.05, 3.63) is 87.6 Å². The molecule has 2 aromatic heterocycles. The van der Waals surface area contributed by atoms with Crippen LogP contribution in [-0.2, 0) is 17.5 Å². The molecule has 1 N–H and O–H groups in total. The Balaban J connectivity index is 1.59. The summed E-state index contributed by atoms with van der Waals surface area (Å²) in [5.74, 6) is -0.459. The Kier molecular flexibility index (Phi) is 6.48. The highest BCUT2D eigenvalue weighted by molar-refractivity contribution is 7.99. The van der Waals surface area contributed by atoms with Crippen LogP contribution in [0.4, 0.5) is 18.9 Å². The molecular weight excluding hydrogens is 479 g/mol. The van der Waals surface area contributed by atoms with E-state index in [1.54, 1.807) is 36.4 Å². The fourth-order valence-corrected chi connectivity index (χ4v) is 4.10. The third-order valence-corrected chi connectivity index (χ3v) is 5.83. The van der Waals surface area contributed by atoms with E-state index in [4.69, 9.17) is 16.0 Å². The van der Waals surface area contributed by atoms with Gasteiger partial charge in [-0.2, -0.15) is 13.2 Å². The number of nitrogens with one attached hydrogen (secondary N) is 1. The summed E-state index contributed by atoms with van der Waals surface area (Å²) in [6, 6.07) is 13.2. The number of nitrogens with zero attached hydrogens (tertiary/aromatic N) is 2. The molecular formula is C22H15ClF3N3O3S. The van der Waals surface area contributed by atoms with Crippen LogP contribution in [0.3, 0.4) is 0 Å². The number of thioether (sulfide) groups is 1. The van der Waals surface area contributed by atoms with Gasteiger partial charge in [0.05, 0.1) is 40.7 Å². The van der Waals surface area contributed by atoms with Crippen molar-refractivity contribution in [2.45, 2.75) is 17.9 Å². The summed E-state index contributed by atoms with van der Waals surface area (Å²) in [6.45, 7) is 0.0863. The number of hydrogen-bond donors (Lipinski definition) is 1. The van der Waals surface area contributed by atoms with Crippen molar-refractivity contribution in [3.8, 4) is 0 Å². The molecule has 0 fully saturated rings. The molecule has 2 aromatic carbocycles. The molecule has 0 aliphatic carbocycles. The Bertz CT molecular complexity index is 1370. The Hall–Kier alpha value is -3.24. The molecule has 170 valence electrons. The highest BCUT2D eigenvalue weighted by Gasteiger charge is 2.34. The molecule has 6 nitrogen and oxygen atoms in total. The van der Waals surface area contributed by atoms with Crippen LogP contribution in [-0.4, -0.2) is 21.2 Å². The van der Waals surface area contributed by atoms with Crippen molar-refractivity contribution in [2.75, 3.05) is 11.1 Å². The van der Waals surface area contributed by atoms with Crippen LogP contribution >= 0.6 is 23.4 Å². The summed E-state index contributed by atoms with van der Waals surface area (Å²) < 4.78 is 46.5. The second-order valence-corrected chi connectivity index (χ2v) is 8.29. The number of fused-ring (bicyclic) bond motifs is 1. The van der Waals surface area contributed by atoms with E-state index in [9.17, 15) is 22.8 Å². The number of alkyl halides is 3. The maximum Gasteiger partial charge on any atom is 0.418 e. The van der Waals surface area contributed by atoms with Crippen molar-refractivity contribution in [1.82, 2.24) is 9.55 Å². The molecule has 0 bridgehead atoms. The number of carbonyl (C=O) groups excluding carboxylic acids is 1. The zero-order valence-corrected chi connectivity index (χ0v) is 18.3. The number of amides is 1. The van der Waals surface area contributed by atoms with E-state index in [0.717, 1.165) is 23.9 Å². The van der Waals surface area contributed by atoms with E-state index >= 15 is 0 Å². The number of anilines is 1. The van der Waals surface area contributed by atoms with Crippen molar-refractivity contribution in [3.63, 3.8) is 0 Å². The van der Waals surface area contributed by atoms with Crippen LogP contribution in [0.1, 0.15) is 11.3 Å². The largest absolute Gasteiger partial charge is 0.467 e. The van der Waals surface area contributed by atoms with Crippen molar-refractivity contribution in [2.24, 2.45) is 0 Å². The van der Waals surface area contributed by atoms with Gasteiger partial charge in [0.2, 0.25) is 5.91 Å². The van der Waals surface area contributed by atoms with Gasteiger partial charge < -0.3 is 9.73 Å². The van der Waals surface area contributed by atoms with Crippen molar-refractivity contribution >= 4 is 45.9 Å². The normalized spacial score (nSPS) is 11.6. The zero-order valence-electron chi connectivity index (χ0n) is 16.7. The molecule has 0 spiro atoms. The minimum Gasteiger partial charge on any atom is -0.467 e. The fourth-order valence-electron chi connectivity index (χ4n) is 3.13. The predicted octanol–water partition coefficient (Wildman–Crippen LogP) is 5.44. The Labute approximate surface area is 194 Å². The van der Waals surface area contributed by atoms with Crippen LogP contribution in [0.2, 0.25) is 5.02 Å². The van der Waals surface area contributed by atoms with Crippen LogP contribution in [0.25, 0.3) is 10.9 Å². The Morgan fingerprint density at radius 2 is 1.94 bits per heavy atom. The van der Waals surface area contributed by atoms with Crippen LogP contribution in [0.15, 0.2) is 75.2 Å². The lowest BCUT2D eigenvalue weighted by molar-refractivity contribution is -0.137. The summed E-state index contributed by atoms with van der Waals surface area (Å²) in [5.41, 5.74) is -1.33. The van der Waals surface area contributed by atoms with Gasteiger partial charge >= 0.3 is 6.18 Å². The smallest absolute Gasteiger partial charge is 0.418 e. The molecule has 33 heavy (non-hydrogen) atoms.